The molecule has 1 aliphatic rings. The van der Waals surface area contributed by atoms with Crippen LogP contribution in [0, 0.1) is 0 Å². The first-order valence-corrected chi connectivity index (χ1v) is 9.47. The third kappa shape index (κ3) is 7.34. The van der Waals surface area contributed by atoms with Gasteiger partial charge in [0.25, 0.3) is 6.43 Å². The van der Waals surface area contributed by atoms with E-state index in [4.69, 9.17) is 16.1 Å². The van der Waals surface area contributed by atoms with E-state index in [1.807, 2.05) is 12.1 Å². The largest absolute Gasteiger partial charge is 0.354 e. The summed E-state index contributed by atoms with van der Waals surface area (Å²) in [4.78, 5) is 10.3. The SMILES string of the molecule is CN=C(NCc1nc(-c2ccc(Cl)cc2)no1)NC1CCN(CC(F)F)CC1.I. The lowest BCUT2D eigenvalue weighted by atomic mass is 10.1. The fourth-order valence-corrected chi connectivity index (χ4v) is 3.17. The average molecular weight is 541 g/mol. The van der Waals surface area contributed by atoms with Crippen LogP contribution in [-0.4, -0.2) is 60.1 Å². The molecule has 0 radical (unpaired) electrons. The van der Waals surface area contributed by atoms with Gasteiger partial charge in [0, 0.05) is 36.8 Å². The van der Waals surface area contributed by atoms with Gasteiger partial charge in [-0.05, 0) is 37.1 Å². The number of likely N-dealkylation sites (tertiary alicyclic amines) is 1. The summed E-state index contributed by atoms with van der Waals surface area (Å²) in [5.41, 5.74) is 0.817. The Morgan fingerprint density at radius 3 is 2.62 bits per heavy atom. The van der Waals surface area contributed by atoms with Crippen LogP contribution in [0.5, 0.6) is 0 Å². The van der Waals surface area contributed by atoms with Crippen LogP contribution in [0.3, 0.4) is 0 Å². The summed E-state index contributed by atoms with van der Waals surface area (Å²) in [6.07, 6.45) is -0.713. The number of aromatic nitrogens is 2. The number of aliphatic imine (C=N–C) groups is 1. The number of rotatable bonds is 6. The topological polar surface area (TPSA) is 78.6 Å². The van der Waals surface area contributed by atoms with Gasteiger partial charge in [0.05, 0.1) is 13.1 Å². The molecule has 0 spiro atoms. The molecule has 1 aromatic heterocycles. The molecule has 7 nitrogen and oxygen atoms in total. The van der Waals surface area contributed by atoms with Crippen molar-refractivity contribution in [2.45, 2.75) is 31.9 Å². The maximum absolute atomic E-state index is 12.5. The third-order valence-electron chi connectivity index (χ3n) is 4.53. The van der Waals surface area contributed by atoms with E-state index in [-0.39, 0.29) is 36.6 Å². The number of alkyl halides is 2. The van der Waals surface area contributed by atoms with Crippen molar-refractivity contribution in [3.63, 3.8) is 0 Å². The van der Waals surface area contributed by atoms with Gasteiger partial charge in [0.2, 0.25) is 11.7 Å². The lowest BCUT2D eigenvalue weighted by Gasteiger charge is -2.32. The zero-order valence-electron chi connectivity index (χ0n) is 15.9. The van der Waals surface area contributed by atoms with Crippen LogP contribution in [0.1, 0.15) is 18.7 Å². The number of halogens is 4. The number of guanidine groups is 1. The van der Waals surface area contributed by atoms with E-state index in [1.165, 1.54) is 0 Å². The van der Waals surface area contributed by atoms with Gasteiger partial charge in [-0.25, -0.2) is 8.78 Å². The Balaban J connectivity index is 0.00000300. The quantitative estimate of drug-likeness (QED) is 0.332. The first-order valence-electron chi connectivity index (χ1n) is 9.09. The van der Waals surface area contributed by atoms with Crippen molar-refractivity contribution in [1.82, 2.24) is 25.7 Å². The molecule has 160 valence electrons. The Bertz CT molecular complexity index is 781. The van der Waals surface area contributed by atoms with Gasteiger partial charge in [-0.2, -0.15) is 4.98 Å². The molecule has 0 amide bonds. The first-order chi connectivity index (χ1) is 13.5. The van der Waals surface area contributed by atoms with Crippen molar-refractivity contribution in [1.29, 1.82) is 0 Å². The van der Waals surface area contributed by atoms with Crippen LogP contribution in [0.2, 0.25) is 5.02 Å². The highest BCUT2D eigenvalue weighted by molar-refractivity contribution is 14.0. The molecule has 1 saturated heterocycles. The van der Waals surface area contributed by atoms with E-state index in [0.29, 0.717) is 42.3 Å². The molecule has 29 heavy (non-hydrogen) atoms. The van der Waals surface area contributed by atoms with E-state index in [0.717, 1.165) is 18.4 Å². The van der Waals surface area contributed by atoms with Crippen LogP contribution < -0.4 is 10.6 Å². The summed E-state index contributed by atoms with van der Waals surface area (Å²) in [6.45, 7) is 1.46. The second-order valence-corrected chi connectivity index (χ2v) is 6.99. The molecule has 0 saturated carbocycles. The zero-order valence-corrected chi connectivity index (χ0v) is 19.0. The number of nitrogens with one attached hydrogen (secondary N) is 2. The number of piperidine rings is 1. The van der Waals surface area contributed by atoms with E-state index in [1.54, 1.807) is 24.1 Å². The smallest absolute Gasteiger partial charge is 0.251 e. The fourth-order valence-electron chi connectivity index (χ4n) is 3.05. The van der Waals surface area contributed by atoms with Gasteiger partial charge in [0.1, 0.15) is 0 Å². The summed E-state index contributed by atoms with van der Waals surface area (Å²) in [5, 5.41) is 11.1. The van der Waals surface area contributed by atoms with Crippen LogP contribution in [0.25, 0.3) is 11.4 Å². The molecule has 11 heteroatoms. The van der Waals surface area contributed by atoms with Crippen LogP contribution in [-0.2, 0) is 6.54 Å². The van der Waals surface area contributed by atoms with E-state index in [2.05, 4.69) is 25.8 Å². The van der Waals surface area contributed by atoms with Gasteiger partial charge < -0.3 is 15.2 Å². The Labute approximate surface area is 190 Å². The summed E-state index contributed by atoms with van der Waals surface area (Å²) in [5.74, 6) is 1.53. The van der Waals surface area contributed by atoms with Gasteiger partial charge >= 0.3 is 0 Å². The molecule has 1 fully saturated rings. The van der Waals surface area contributed by atoms with E-state index >= 15 is 0 Å². The predicted octanol–water partition coefficient (Wildman–Crippen LogP) is 3.40. The molecule has 0 bridgehead atoms. The monoisotopic (exact) mass is 540 g/mol. The summed E-state index contributed by atoms with van der Waals surface area (Å²) >= 11 is 5.88. The number of hydrogen-bond donors (Lipinski definition) is 2. The highest BCUT2D eigenvalue weighted by Gasteiger charge is 2.22. The van der Waals surface area contributed by atoms with E-state index < -0.39 is 6.43 Å². The van der Waals surface area contributed by atoms with Gasteiger partial charge in [0.15, 0.2) is 5.96 Å². The predicted molar refractivity (Wildman–Crippen MR) is 119 cm³/mol. The highest BCUT2D eigenvalue weighted by Crippen LogP contribution is 2.18. The van der Waals surface area contributed by atoms with Crippen molar-refractivity contribution in [2.24, 2.45) is 4.99 Å². The molecule has 3 rings (SSSR count). The maximum atomic E-state index is 12.5. The average Bonchev–Trinajstić information content (AvgIpc) is 3.15. The third-order valence-corrected chi connectivity index (χ3v) is 4.78. The minimum Gasteiger partial charge on any atom is -0.354 e. The van der Waals surface area contributed by atoms with Crippen molar-refractivity contribution < 1.29 is 13.3 Å². The molecule has 0 aliphatic carbocycles. The van der Waals surface area contributed by atoms with Crippen molar-refractivity contribution in [3.8, 4) is 11.4 Å². The van der Waals surface area contributed by atoms with Crippen molar-refractivity contribution in [3.05, 3.63) is 35.2 Å². The van der Waals surface area contributed by atoms with Gasteiger partial charge in [-0.3, -0.25) is 9.89 Å². The number of hydrogen-bond acceptors (Lipinski definition) is 5. The molecule has 0 unspecified atom stereocenters. The summed E-state index contributed by atoms with van der Waals surface area (Å²) in [6, 6.07) is 7.37. The first kappa shape index (κ1) is 23.7. The van der Waals surface area contributed by atoms with Crippen molar-refractivity contribution >= 4 is 41.5 Å². The standard InChI is InChI=1S/C18H23ClF2N6O.HI/c1-22-18(24-14-6-8-27(9-7-14)11-15(20)21)23-10-16-25-17(26-28-16)12-2-4-13(19)5-3-12;/h2-5,14-15H,6-11H2,1H3,(H2,22,23,24);1H. The Hall–Kier alpha value is -1.53. The minimum atomic E-state index is -2.29. The van der Waals surface area contributed by atoms with Gasteiger partial charge in [-0.15, -0.1) is 24.0 Å². The molecular weight excluding hydrogens is 517 g/mol. The summed E-state index contributed by atoms with van der Waals surface area (Å²) in [7, 11) is 1.67. The molecule has 1 aromatic carbocycles. The zero-order chi connectivity index (χ0) is 19.9. The number of benzene rings is 1. The van der Waals surface area contributed by atoms with Crippen LogP contribution in [0.15, 0.2) is 33.8 Å². The molecule has 2 N–H and O–H groups in total. The lowest BCUT2D eigenvalue weighted by molar-refractivity contribution is 0.0744. The molecule has 0 atom stereocenters. The Morgan fingerprint density at radius 1 is 1.31 bits per heavy atom. The summed E-state index contributed by atoms with van der Waals surface area (Å²) < 4.78 is 30.2. The Morgan fingerprint density at radius 2 is 2.00 bits per heavy atom. The molecular formula is C18H24ClF2IN6O. The molecule has 2 aromatic rings. The normalized spacial score (nSPS) is 16.0. The molecule has 2 heterocycles. The lowest BCUT2D eigenvalue weighted by Crippen LogP contribution is -2.49. The second-order valence-electron chi connectivity index (χ2n) is 6.55. The van der Waals surface area contributed by atoms with Crippen LogP contribution >= 0.6 is 35.6 Å². The van der Waals surface area contributed by atoms with Gasteiger partial charge in [-0.1, -0.05) is 16.8 Å². The number of nitrogens with zero attached hydrogens (tertiary/aromatic N) is 4. The van der Waals surface area contributed by atoms with Crippen LogP contribution in [0.4, 0.5) is 8.78 Å². The van der Waals surface area contributed by atoms with E-state index in [9.17, 15) is 8.78 Å². The fraction of sp³-hybridized carbons (Fsp3) is 0.500. The molecule has 1 aliphatic heterocycles. The highest BCUT2D eigenvalue weighted by atomic mass is 127. The van der Waals surface area contributed by atoms with Crippen molar-refractivity contribution in [2.75, 3.05) is 26.7 Å². The maximum Gasteiger partial charge on any atom is 0.251 e. The minimum absolute atomic E-state index is 0. The Kier molecular flexibility index (Phi) is 9.50. The second kappa shape index (κ2) is 11.6.